The zero-order chi connectivity index (χ0) is 22.7. The monoisotopic (exact) mass is 471 g/mol. The van der Waals surface area contributed by atoms with Crippen LogP contribution in [-0.2, 0) is 10.0 Å². The van der Waals surface area contributed by atoms with Crippen LogP contribution < -0.4 is 9.46 Å². The predicted molar refractivity (Wildman–Crippen MR) is 123 cm³/mol. The number of ether oxygens (including phenoxy) is 1. The van der Waals surface area contributed by atoms with Crippen LogP contribution in [0, 0.1) is 0 Å². The molecule has 0 saturated carbocycles. The van der Waals surface area contributed by atoms with E-state index in [0.29, 0.717) is 22.9 Å². The normalized spacial score (nSPS) is 16.1. The quantitative estimate of drug-likeness (QED) is 0.571. The van der Waals surface area contributed by atoms with Crippen molar-refractivity contribution in [1.29, 1.82) is 0 Å². The van der Waals surface area contributed by atoms with Gasteiger partial charge in [-0.2, -0.15) is 0 Å². The van der Waals surface area contributed by atoms with Gasteiger partial charge in [-0.3, -0.25) is 14.5 Å². The van der Waals surface area contributed by atoms with E-state index in [1.807, 2.05) is 12.1 Å². The van der Waals surface area contributed by atoms with Crippen LogP contribution in [0.1, 0.15) is 34.8 Å². The van der Waals surface area contributed by atoms with Crippen molar-refractivity contribution in [3.05, 3.63) is 83.1 Å². The Balaban J connectivity index is 1.61. The molecule has 4 rings (SSSR count). The highest BCUT2D eigenvalue weighted by Crippen LogP contribution is 2.33. The topological polar surface area (TPSA) is 88.6 Å². The molecule has 0 spiro atoms. The van der Waals surface area contributed by atoms with E-state index in [1.165, 1.54) is 25.3 Å². The van der Waals surface area contributed by atoms with E-state index in [1.54, 1.807) is 41.6 Å². The highest BCUT2D eigenvalue weighted by molar-refractivity contribution is 7.92. The molecule has 0 aliphatic carbocycles. The van der Waals surface area contributed by atoms with Gasteiger partial charge in [0.05, 0.1) is 23.7 Å². The summed E-state index contributed by atoms with van der Waals surface area (Å²) in [6.07, 6.45) is 5.15. The molecular formula is C23H22ClN3O4S. The zero-order valence-electron chi connectivity index (χ0n) is 17.4. The number of aromatic nitrogens is 1. The number of nitrogens with one attached hydrogen (secondary N) is 1. The minimum absolute atomic E-state index is 0.0231. The Labute approximate surface area is 192 Å². The first-order chi connectivity index (χ1) is 15.4. The summed E-state index contributed by atoms with van der Waals surface area (Å²) in [6.45, 7) is 0.612. The van der Waals surface area contributed by atoms with E-state index in [2.05, 4.69) is 9.71 Å². The lowest BCUT2D eigenvalue weighted by Crippen LogP contribution is -2.30. The van der Waals surface area contributed by atoms with Gasteiger partial charge >= 0.3 is 0 Å². The Morgan fingerprint density at radius 3 is 2.69 bits per heavy atom. The first-order valence-corrected chi connectivity index (χ1v) is 11.9. The molecule has 0 radical (unpaired) electrons. The molecule has 2 aromatic carbocycles. The summed E-state index contributed by atoms with van der Waals surface area (Å²) >= 11 is 6.01. The number of likely N-dealkylation sites (tertiary alicyclic amines) is 1. The molecule has 0 unspecified atom stereocenters. The number of amides is 1. The van der Waals surface area contributed by atoms with Gasteiger partial charge in [0.15, 0.2) is 0 Å². The van der Waals surface area contributed by atoms with Crippen LogP contribution in [0.4, 0.5) is 5.69 Å². The molecule has 7 nitrogen and oxygen atoms in total. The smallest absolute Gasteiger partial charge is 0.262 e. The van der Waals surface area contributed by atoms with Crippen molar-refractivity contribution in [2.24, 2.45) is 0 Å². The second-order valence-corrected chi connectivity index (χ2v) is 9.53. The van der Waals surface area contributed by atoms with Gasteiger partial charge in [-0.25, -0.2) is 8.42 Å². The van der Waals surface area contributed by atoms with Crippen molar-refractivity contribution in [2.45, 2.75) is 23.8 Å². The van der Waals surface area contributed by atoms with Gasteiger partial charge in [-0.05, 0) is 66.9 Å². The first-order valence-electron chi connectivity index (χ1n) is 10.1. The Hall–Kier alpha value is -3.10. The number of pyridine rings is 1. The number of carbonyl (C=O) groups is 1. The van der Waals surface area contributed by atoms with Crippen LogP contribution in [0.2, 0.25) is 5.02 Å². The third kappa shape index (κ3) is 4.56. The van der Waals surface area contributed by atoms with E-state index >= 15 is 0 Å². The van der Waals surface area contributed by atoms with Gasteiger partial charge in [0.2, 0.25) is 0 Å². The van der Waals surface area contributed by atoms with Gasteiger partial charge in [0, 0.05) is 29.5 Å². The highest BCUT2D eigenvalue weighted by Gasteiger charge is 2.31. The summed E-state index contributed by atoms with van der Waals surface area (Å²) < 4.78 is 33.8. The third-order valence-corrected chi connectivity index (χ3v) is 7.00. The molecule has 9 heteroatoms. The number of carbonyl (C=O) groups excluding carboxylic acids is 1. The fourth-order valence-corrected chi connectivity index (χ4v) is 5.15. The largest absolute Gasteiger partial charge is 0.495 e. The lowest BCUT2D eigenvalue weighted by Gasteiger charge is -2.25. The Bertz CT molecular complexity index is 1230. The average Bonchev–Trinajstić information content (AvgIpc) is 3.29. The molecular weight excluding hydrogens is 450 g/mol. The predicted octanol–water partition coefficient (Wildman–Crippen LogP) is 4.52. The van der Waals surface area contributed by atoms with E-state index in [4.69, 9.17) is 16.3 Å². The number of halogens is 1. The summed E-state index contributed by atoms with van der Waals surface area (Å²) in [6, 6.07) is 14.4. The summed E-state index contributed by atoms with van der Waals surface area (Å²) in [5, 5.41) is 0.364. The first kappa shape index (κ1) is 22.1. The third-order valence-electron chi connectivity index (χ3n) is 5.40. The van der Waals surface area contributed by atoms with Crippen LogP contribution in [-0.4, -0.2) is 37.9 Å². The van der Waals surface area contributed by atoms with E-state index in [9.17, 15) is 13.2 Å². The molecule has 1 saturated heterocycles. The van der Waals surface area contributed by atoms with Gasteiger partial charge in [0.25, 0.3) is 15.9 Å². The zero-order valence-corrected chi connectivity index (χ0v) is 18.9. The molecule has 32 heavy (non-hydrogen) atoms. The maximum Gasteiger partial charge on any atom is 0.262 e. The van der Waals surface area contributed by atoms with E-state index in [-0.39, 0.29) is 22.5 Å². The van der Waals surface area contributed by atoms with Crippen LogP contribution in [0.5, 0.6) is 5.75 Å². The van der Waals surface area contributed by atoms with Crippen LogP contribution in [0.15, 0.2) is 71.9 Å². The summed E-state index contributed by atoms with van der Waals surface area (Å²) in [4.78, 5) is 19.1. The lowest BCUT2D eigenvalue weighted by molar-refractivity contribution is 0.0735. The van der Waals surface area contributed by atoms with Crippen LogP contribution in [0.3, 0.4) is 0 Å². The molecule has 3 aromatic rings. The van der Waals surface area contributed by atoms with Gasteiger partial charge in [-0.1, -0.05) is 17.7 Å². The number of nitrogens with zero attached hydrogens (tertiary/aromatic N) is 2. The molecule has 1 aliphatic rings. The Morgan fingerprint density at radius 2 is 1.94 bits per heavy atom. The fraction of sp³-hybridized carbons (Fsp3) is 0.217. The second kappa shape index (κ2) is 9.18. The minimum Gasteiger partial charge on any atom is -0.495 e. The molecule has 0 bridgehead atoms. The molecule has 1 amide bonds. The Morgan fingerprint density at radius 1 is 1.16 bits per heavy atom. The highest BCUT2D eigenvalue weighted by atomic mass is 35.5. The van der Waals surface area contributed by atoms with Gasteiger partial charge < -0.3 is 9.64 Å². The molecule has 1 aliphatic heterocycles. The van der Waals surface area contributed by atoms with E-state index < -0.39 is 10.0 Å². The summed E-state index contributed by atoms with van der Waals surface area (Å²) in [5.41, 5.74) is 1.55. The number of methoxy groups -OCH3 is 1. The lowest BCUT2D eigenvalue weighted by atomic mass is 10.1. The molecule has 1 atom stereocenters. The van der Waals surface area contributed by atoms with Crippen molar-refractivity contribution in [3.8, 4) is 5.75 Å². The standard InChI is InChI=1S/C23H22ClN3O4S/c1-31-22-8-7-18(24)15-20(22)26-32(29,30)19-5-2-4-17(14-19)23(28)27-13-3-6-21(27)16-9-11-25-12-10-16/h2,4-5,7-12,14-15,21,26H,3,6,13H2,1H3/t21-/m0/s1. The number of anilines is 1. The van der Waals surface area contributed by atoms with Crippen molar-refractivity contribution in [2.75, 3.05) is 18.4 Å². The van der Waals surface area contributed by atoms with Crippen molar-refractivity contribution in [1.82, 2.24) is 9.88 Å². The second-order valence-electron chi connectivity index (χ2n) is 7.42. The van der Waals surface area contributed by atoms with E-state index in [0.717, 1.165) is 18.4 Å². The molecule has 166 valence electrons. The molecule has 1 fully saturated rings. The fourth-order valence-electron chi connectivity index (χ4n) is 3.87. The van der Waals surface area contributed by atoms with Crippen molar-refractivity contribution in [3.63, 3.8) is 0 Å². The Kier molecular flexibility index (Phi) is 6.34. The molecule has 1 aromatic heterocycles. The maximum absolute atomic E-state index is 13.3. The van der Waals surface area contributed by atoms with Gasteiger partial charge in [0.1, 0.15) is 5.75 Å². The SMILES string of the molecule is COc1ccc(Cl)cc1NS(=O)(=O)c1cccc(C(=O)N2CCC[C@H]2c2ccncc2)c1. The van der Waals surface area contributed by atoms with Crippen molar-refractivity contribution >= 4 is 33.2 Å². The minimum atomic E-state index is -3.98. The average molecular weight is 472 g/mol. The molecule has 1 N–H and O–H groups in total. The number of benzene rings is 2. The van der Waals surface area contributed by atoms with Crippen LogP contribution >= 0.6 is 11.6 Å². The maximum atomic E-state index is 13.3. The summed E-state index contributed by atoms with van der Waals surface area (Å²) in [7, 11) is -2.54. The number of rotatable bonds is 6. The number of sulfonamides is 1. The number of hydrogen-bond donors (Lipinski definition) is 1. The van der Waals surface area contributed by atoms with Gasteiger partial charge in [-0.15, -0.1) is 0 Å². The molecule has 2 heterocycles. The number of hydrogen-bond acceptors (Lipinski definition) is 5. The summed E-state index contributed by atoms with van der Waals surface area (Å²) in [5.74, 6) is 0.129. The van der Waals surface area contributed by atoms with Crippen molar-refractivity contribution < 1.29 is 17.9 Å². The van der Waals surface area contributed by atoms with Crippen LogP contribution in [0.25, 0.3) is 0 Å².